The van der Waals surface area contributed by atoms with Crippen molar-refractivity contribution in [2.45, 2.75) is 0 Å². The van der Waals surface area contributed by atoms with Crippen molar-refractivity contribution in [2.24, 2.45) is 0 Å². The Kier molecular flexibility index (Phi) is 2.95. The van der Waals surface area contributed by atoms with Crippen molar-refractivity contribution in [1.29, 1.82) is 0 Å². The number of ether oxygens (including phenoxy) is 1. The molecule has 0 aromatic carbocycles. The Hall–Kier alpha value is -2.50. The van der Waals surface area contributed by atoms with E-state index in [1.165, 1.54) is 25.6 Å². The number of pyridine rings is 1. The fourth-order valence-electron chi connectivity index (χ4n) is 1.26. The van der Waals surface area contributed by atoms with Gasteiger partial charge in [0.05, 0.1) is 25.2 Å². The molecule has 0 bridgehead atoms. The van der Waals surface area contributed by atoms with Gasteiger partial charge in [-0.2, -0.15) is 0 Å². The third-order valence-electron chi connectivity index (χ3n) is 2.10. The second-order valence-electron chi connectivity index (χ2n) is 3.18. The minimum atomic E-state index is -1.06. The van der Waals surface area contributed by atoms with Crippen LogP contribution in [0.25, 0.3) is 11.3 Å². The first kappa shape index (κ1) is 11.0. The number of hydrogen-bond donors (Lipinski definition) is 1. The maximum Gasteiger partial charge on any atom is 0.354 e. The van der Waals surface area contributed by atoms with Gasteiger partial charge in [0.15, 0.2) is 0 Å². The molecule has 0 unspecified atom stereocenters. The lowest BCUT2D eigenvalue weighted by Gasteiger charge is -2.02. The first-order valence-corrected chi connectivity index (χ1v) is 4.76. The number of aromatic nitrogens is 3. The molecule has 2 rings (SSSR count). The molecule has 17 heavy (non-hydrogen) atoms. The summed E-state index contributed by atoms with van der Waals surface area (Å²) in [6.45, 7) is 0. The average molecular weight is 231 g/mol. The summed E-state index contributed by atoms with van der Waals surface area (Å²) in [6, 6.07) is 3.04. The van der Waals surface area contributed by atoms with Crippen LogP contribution in [0.2, 0.25) is 0 Å². The summed E-state index contributed by atoms with van der Waals surface area (Å²) in [5.74, 6) is -0.668. The van der Waals surface area contributed by atoms with E-state index in [0.29, 0.717) is 17.1 Å². The van der Waals surface area contributed by atoms with E-state index in [-0.39, 0.29) is 5.69 Å². The highest BCUT2D eigenvalue weighted by Crippen LogP contribution is 2.17. The SMILES string of the molecule is COc1cncc(-c2ccc(C(=O)O)nc2)n1. The van der Waals surface area contributed by atoms with Crippen LogP contribution < -0.4 is 4.74 Å². The fraction of sp³-hybridized carbons (Fsp3) is 0.0909. The molecule has 0 amide bonds. The molecule has 6 heteroatoms. The molecule has 0 aliphatic rings. The van der Waals surface area contributed by atoms with Gasteiger partial charge in [-0.3, -0.25) is 4.98 Å². The van der Waals surface area contributed by atoms with Gasteiger partial charge in [0, 0.05) is 11.8 Å². The molecule has 6 nitrogen and oxygen atoms in total. The van der Waals surface area contributed by atoms with Crippen molar-refractivity contribution < 1.29 is 14.6 Å². The number of nitrogens with zero attached hydrogens (tertiary/aromatic N) is 3. The van der Waals surface area contributed by atoms with Crippen molar-refractivity contribution >= 4 is 5.97 Å². The third-order valence-corrected chi connectivity index (χ3v) is 2.10. The predicted molar refractivity (Wildman–Crippen MR) is 58.8 cm³/mol. The van der Waals surface area contributed by atoms with Gasteiger partial charge in [-0.15, -0.1) is 0 Å². The zero-order valence-electron chi connectivity index (χ0n) is 8.99. The smallest absolute Gasteiger partial charge is 0.354 e. The average Bonchev–Trinajstić information content (AvgIpc) is 2.39. The molecular formula is C11H9N3O3. The largest absolute Gasteiger partial charge is 0.480 e. The lowest BCUT2D eigenvalue weighted by atomic mass is 10.2. The molecule has 0 atom stereocenters. The molecule has 2 heterocycles. The summed E-state index contributed by atoms with van der Waals surface area (Å²) in [5, 5.41) is 8.72. The van der Waals surface area contributed by atoms with Gasteiger partial charge in [-0.25, -0.2) is 14.8 Å². The minimum Gasteiger partial charge on any atom is -0.480 e. The number of aromatic carboxylic acids is 1. The fourth-order valence-corrected chi connectivity index (χ4v) is 1.26. The number of methoxy groups -OCH3 is 1. The molecule has 1 N–H and O–H groups in total. The Morgan fingerprint density at radius 2 is 2.12 bits per heavy atom. The van der Waals surface area contributed by atoms with Crippen LogP contribution >= 0.6 is 0 Å². The van der Waals surface area contributed by atoms with Crippen LogP contribution in [0.1, 0.15) is 10.5 Å². The lowest BCUT2D eigenvalue weighted by Crippen LogP contribution is -1.99. The van der Waals surface area contributed by atoms with Gasteiger partial charge < -0.3 is 9.84 Å². The van der Waals surface area contributed by atoms with Gasteiger partial charge >= 0.3 is 5.97 Å². The number of rotatable bonds is 3. The predicted octanol–water partition coefficient (Wildman–Crippen LogP) is 1.25. The van der Waals surface area contributed by atoms with Gasteiger partial charge in [0.1, 0.15) is 5.69 Å². The highest BCUT2D eigenvalue weighted by molar-refractivity contribution is 5.85. The maximum atomic E-state index is 10.6. The zero-order valence-corrected chi connectivity index (χ0v) is 8.99. The molecular weight excluding hydrogens is 222 g/mol. The van der Waals surface area contributed by atoms with E-state index in [4.69, 9.17) is 9.84 Å². The van der Waals surface area contributed by atoms with Crippen LogP contribution in [0.3, 0.4) is 0 Å². The minimum absolute atomic E-state index is 0.00962. The van der Waals surface area contributed by atoms with E-state index in [2.05, 4.69) is 15.0 Å². The Bertz CT molecular complexity index is 540. The van der Waals surface area contributed by atoms with Crippen molar-refractivity contribution in [2.75, 3.05) is 7.11 Å². The third kappa shape index (κ3) is 2.36. The summed E-state index contributed by atoms with van der Waals surface area (Å²) < 4.78 is 4.95. The van der Waals surface area contributed by atoms with Crippen molar-refractivity contribution in [1.82, 2.24) is 15.0 Å². The standard InChI is InChI=1S/C11H9N3O3/c1-17-10-6-12-5-9(14-10)7-2-3-8(11(15)16)13-4-7/h2-6H,1H3,(H,15,16). The Balaban J connectivity index is 2.36. The molecule has 0 aliphatic carbocycles. The van der Waals surface area contributed by atoms with Gasteiger partial charge in [0.2, 0.25) is 5.88 Å². The van der Waals surface area contributed by atoms with Crippen LogP contribution in [0, 0.1) is 0 Å². The number of carboxylic acids is 1. The molecule has 0 aliphatic heterocycles. The Morgan fingerprint density at radius 1 is 1.29 bits per heavy atom. The second-order valence-corrected chi connectivity index (χ2v) is 3.18. The van der Waals surface area contributed by atoms with Gasteiger partial charge in [0.25, 0.3) is 0 Å². The summed E-state index contributed by atoms with van der Waals surface area (Å²) >= 11 is 0. The van der Waals surface area contributed by atoms with Gasteiger partial charge in [-0.1, -0.05) is 0 Å². The first-order chi connectivity index (χ1) is 8.20. The molecule has 0 saturated carbocycles. The molecule has 0 spiro atoms. The van der Waals surface area contributed by atoms with E-state index < -0.39 is 5.97 Å². The molecule has 0 saturated heterocycles. The van der Waals surface area contributed by atoms with Crippen molar-refractivity contribution in [3.63, 3.8) is 0 Å². The van der Waals surface area contributed by atoms with Crippen LogP contribution in [0.5, 0.6) is 5.88 Å². The summed E-state index contributed by atoms with van der Waals surface area (Å²) in [6.07, 6.45) is 4.48. The zero-order chi connectivity index (χ0) is 12.3. The quantitative estimate of drug-likeness (QED) is 0.855. The van der Waals surface area contributed by atoms with E-state index in [9.17, 15) is 4.79 Å². The molecule has 2 aromatic heterocycles. The highest BCUT2D eigenvalue weighted by atomic mass is 16.5. The van der Waals surface area contributed by atoms with E-state index in [1.807, 2.05) is 0 Å². The summed E-state index contributed by atoms with van der Waals surface area (Å²) in [4.78, 5) is 22.6. The van der Waals surface area contributed by atoms with Gasteiger partial charge in [-0.05, 0) is 12.1 Å². The summed E-state index contributed by atoms with van der Waals surface area (Å²) in [5.41, 5.74) is 1.25. The van der Waals surface area contributed by atoms with E-state index in [1.54, 1.807) is 12.3 Å². The molecule has 0 fully saturated rings. The van der Waals surface area contributed by atoms with Crippen LogP contribution in [-0.4, -0.2) is 33.1 Å². The van der Waals surface area contributed by atoms with Crippen molar-refractivity contribution in [3.8, 4) is 17.1 Å². The van der Waals surface area contributed by atoms with Crippen LogP contribution in [0.15, 0.2) is 30.7 Å². The normalized spacial score (nSPS) is 9.94. The topological polar surface area (TPSA) is 85.2 Å². The number of carboxylic acid groups (broad SMARTS) is 1. The van der Waals surface area contributed by atoms with E-state index in [0.717, 1.165) is 0 Å². The van der Waals surface area contributed by atoms with Crippen LogP contribution in [0.4, 0.5) is 0 Å². The molecule has 2 aromatic rings. The van der Waals surface area contributed by atoms with Crippen molar-refractivity contribution in [3.05, 3.63) is 36.4 Å². The molecule has 86 valence electrons. The molecule has 0 radical (unpaired) electrons. The van der Waals surface area contributed by atoms with E-state index >= 15 is 0 Å². The number of hydrogen-bond acceptors (Lipinski definition) is 5. The monoisotopic (exact) mass is 231 g/mol. The number of carbonyl (C=O) groups is 1. The highest BCUT2D eigenvalue weighted by Gasteiger charge is 2.06. The summed E-state index contributed by atoms with van der Waals surface area (Å²) in [7, 11) is 1.50. The Labute approximate surface area is 96.9 Å². The first-order valence-electron chi connectivity index (χ1n) is 4.76. The maximum absolute atomic E-state index is 10.6. The Morgan fingerprint density at radius 3 is 2.71 bits per heavy atom. The second kappa shape index (κ2) is 4.56. The van der Waals surface area contributed by atoms with Crippen LogP contribution in [-0.2, 0) is 0 Å². The lowest BCUT2D eigenvalue weighted by molar-refractivity contribution is 0.0690.